The van der Waals surface area contributed by atoms with Crippen LogP contribution in [0.25, 0.3) is 0 Å². The first-order chi connectivity index (χ1) is 8.44. The Morgan fingerprint density at radius 2 is 2.00 bits per heavy atom. The zero-order chi connectivity index (χ0) is 13.6. The van der Waals surface area contributed by atoms with Crippen molar-refractivity contribution in [3.05, 3.63) is 35.4 Å². The van der Waals surface area contributed by atoms with Crippen molar-refractivity contribution in [3.63, 3.8) is 0 Å². The van der Waals surface area contributed by atoms with Crippen LogP contribution in [0.15, 0.2) is 18.2 Å². The van der Waals surface area contributed by atoms with Gasteiger partial charge in [-0.1, -0.05) is 6.92 Å². The molecule has 4 nitrogen and oxygen atoms in total. The van der Waals surface area contributed by atoms with Gasteiger partial charge in [-0.05, 0) is 24.7 Å². The Bertz CT molecular complexity index is 492. The third-order valence-corrected chi connectivity index (χ3v) is 3.61. The minimum atomic E-state index is -3.48. The van der Waals surface area contributed by atoms with Gasteiger partial charge in [0.1, 0.15) is 11.6 Å². The van der Waals surface area contributed by atoms with E-state index in [1.54, 1.807) is 0 Å². The highest BCUT2D eigenvalue weighted by atomic mass is 32.2. The van der Waals surface area contributed by atoms with E-state index in [2.05, 4.69) is 10.0 Å². The molecule has 0 spiro atoms. The first kappa shape index (κ1) is 15.0. The second-order valence-corrected chi connectivity index (χ2v) is 5.66. The molecule has 0 saturated heterocycles. The lowest BCUT2D eigenvalue weighted by Gasteiger charge is -2.08. The van der Waals surface area contributed by atoms with E-state index in [1.807, 2.05) is 6.92 Å². The summed E-state index contributed by atoms with van der Waals surface area (Å²) >= 11 is 0. The standard InChI is InChI=1S/C11H16F2N2O2S/c1-2-14-5-6-18(16,17)15-8-9-7-10(12)3-4-11(9)13/h3-4,7,14-15H,2,5-6,8H2,1H3. The summed E-state index contributed by atoms with van der Waals surface area (Å²) in [6.45, 7) is 2.60. The molecule has 0 heterocycles. The van der Waals surface area contributed by atoms with Crippen molar-refractivity contribution >= 4 is 10.0 Å². The van der Waals surface area contributed by atoms with Gasteiger partial charge in [-0.15, -0.1) is 0 Å². The van der Waals surface area contributed by atoms with Crippen LogP contribution < -0.4 is 10.0 Å². The summed E-state index contributed by atoms with van der Waals surface area (Å²) < 4.78 is 51.3. The third-order valence-electron chi connectivity index (χ3n) is 2.29. The SMILES string of the molecule is CCNCCS(=O)(=O)NCc1cc(F)ccc1F. The summed E-state index contributed by atoms with van der Waals surface area (Å²) in [5.41, 5.74) is -0.0120. The molecule has 0 aliphatic carbocycles. The lowest BCUT2D eigenvalue weighted by molar-refractivity contribution is 0.565. The minimum Gasteiger partial charge on any atom is -0.316 e. The first-order valence-electron chi connectivity index (χ1n) is 5.56. The lowest BCUT2D eigenvalue weighted by atomic mass is 10.2. The number of hydrogen-bond acceptors (Lipinski definition) is 3. The molecule has 1 rings (SSSR count). The van der Waals surface area contributed by atoms with E-state index in [-0.39, 0.29) is 17.9 Å². The van der Waals surface area contributed by atoms with Crippen LogP contribution in [0.2, 0.25) is 0 Å². The van der Waals surface area contributed by atoms with Crippen LogP contribution >= 0.6 is 0 Å². The Balaban J connectivity index is 2.56. The van der Waals surface area contributed by atoms with Crippen molar-refractivity contribution in [3.8, 4) is 0 Å². The molecule has 7 heteroatoms. The van der Waals surface area contributed by atoms with Gasteiger partial charge in [-0.25, -0.2) is 21.9 Å². The van der Waals surface area contributed by atoms with Crippen molar-refractivity contribution in [2.24, 2.45) is 0 Å². The summed E-state index contributed by atoms with van der Waals surface area (Å²) in [5, 5.41) is 2.87. The summed E-state index contributed by atoms with van der Waals surface area (Å²) in [6, 6.07) is 2.93. The van der Waals surface area contributed by atoms with Crippen LogP contribution in [-0.4, -0.2) is 27.3 Å². The maximum atomic E-state index is 13.2. The van der Waals surface area contributed by atoms with Crippen LogP contribution in [0.3, 0.4) is 0 Å². The maximum Gasteiger partial charge on any atom is 0.213 e. The largest absolute Gasteiger partial charge is 0.316 e. The van der Waals surface area contributed by atoms with Gasteiger partial charge in [0.15, 0.2) is 0 Å². The topological polar surface area (TPSA) is 58.2 Å². The number of rotatable bonds is 7. The number of sulfonamides is 1. The van der Waals surface area contributed by atoms with E-state index < -0.39 is 21.7 Å². The Labute approximate surface area is 105 Å². The van der Waals surface area contributed by atoms with E-state index in [1.165, 1.54) is 0 Å². The molecule has 0 atom stereocenters. The molecule has 1 aromatic carbocycles. The summed E-state index contributed by atoms with van der Waals surface area (Å²) in [5.74, 6) is -1.33. The smallest absolute Gasteiger partial charge is 0.213 e. The molecule has 102 valence electrons. The van der Waals surface area contributed by atoms with Crippen LogP contribution in [0.5, 0.6) is 0 Å². The van der Waals surface area contributed by atoms with Gasteiger partial charge < -0.3 is 5.32 Å². The molecule has 0 bridgehead atoms. The fourth-order valence-corrected chi connectivity index (χ4v) is 2.25. The van der Waals surface area contributed by atoms with Gasteiger partial charge in [0.2, 0.25) is 10.0 Å². The highest BCUT2D eigenvalue weighted by Gasteiger charge is 2.11. The first-order valence-corrected chi connectivity index (χ1v) is 7.22. The Kier molecular flexibility index (Phi) is 5.64. The average molecular weight is 278 g/mol. The van der Waals surface area contributed by atoms with Crippen molar-refractivity contribution in [1.82, 2.24) is 10.0 Å². The van der Waals surface area contributed by atoms with Crippen LogP contribution in [-0.2, 0) is 16.6 Å². The van der Waals surface area contributed by atoms with Crippen LogP contribution in [0.1, 0.15) is 12.5 Å². The Morgan fingerprint density at radius 1 is 1.28 bits per heavy atom. The molecular weight excluding hydrogens is 262 g/mol. The molecule has 0 aliphatic heterocycles. The summed E-state index contributed by atoms with van der Waals surface area (Å²) in [4.78, 5) is 0. The van der Waals surface area contributed by atoms with E-state index in [0.29, 0.717) is 13.1 Å². The number of halogens is 2. The normalized spacial score (nSPS) is 11.7. The molecule has 2 N–H and O–H groups in total. The second-order valence-electron chi connectivity index (χ2n) is 3.73. The van der Waals surface area contributed by atoms with E-state index in [0.717, 1.165) is 18.2 Å². The molecule has 0 aromatic heterocycles. The number of benzene rings is 1. The molecule has 0 amide bonds. The zero-order valence-corrected chi connectivity index (χ0v) is 10.9. The fraction of sp³-hybridized carbons (Fsp3) is 0.455. The van der Waals surface area contributed by atoms with Crippen molar-refractivity contribution in [2.45, 2.75) is 13.5 Å². The molecule has 0 saturated carbocycles. The minimum absolute atomic E-state index is 0.0120. The molecule has 1 aromatic rings. The van der Waals surface area contributed by atoms with Crippen LogP contribution in [0.4, 0.5) is 8.78 Å². The molecule has 0 fully saturated rings. The van der Waals surface area contributed by atoms with E-state index in [9.17, 15) is 17.2 Å². The van der Waals surface area contributed by atoms with Gasteiger partial charge in [0.05, 0.1) is 5.75 Å². The second kappa shape index (κ2) is 6.77. The summed E-state index contributed by atoms with van der Waals surface area (Å²) in [6.07, 6.45) is 0. The van der Waals surface area contributed by atoms with Gasteiger partial charge in [0.25, 0.3) is 0 Å². The maximum absolute atomic E-state index is 13.2. The van der Waals surface area contributed by atoms with E-state index in [4.69, 9.17) is 0 Å². The third kappa shape index (κ3) is 5.07. The average Bonchev–Trinajstić information content (AvgIpc) is 2.31. The fourth-order valence-electron chi connectivity index (χ4n) is 1.32. The van der Waals surface area contributed by atoms with Crippen LogP contribution in [0, 0.1) is 11.6 Å². The van der Waals surface area contributed by atoms with Crippen molar-refractivity contribution in [2.75, 3.05) is 18.8 Å². The van der Waals surface area contributed by atoms with E-state index >= 15 is 0 Å². The van der Waals surface area contributed by atoms with Gasteiger partial charge in [-0.3, -0.25) is 0 Å². The Hall–Kier alpha value is -1.05. The summed E-state index contributed by atoms with van der Waals surface area (Å²) in [7, 11) is -3.48. The van der Waals surface area contributed by atoms with Crippen molar-refractivity contribution < 1.29 is 17.2 Å². The predicted molar refractivity (Wildman–Crippen MR) is 65.5 cm³/mol. The predicted octanol–water partition coefficient (Wildman–Crippen LogP) is 0.994. The molecule has 0 aliphatic rings. The number of nitrogens with one attached hydrogen (secondary N) is 2. The number of hydrogen-bond donors (Lipinski definition) is 2. The monoisotopic (exact) mass is 278 g/mol. The molecule has 18 heavy (non-hydrogen) atoms. The lowest BCUT2D eigenvalue weighted by Crippen LogP contribution is -2.31. The van der Waals surface area contributed by atoms with Gasteiger partial charge in [-0.2, -0.15) is 0 Å². The molecular formula is C11H16F2N2O2S. The molecule has 0 radical (unpaired) electrons. The molecule has 0 unspecified atom stereocenters. The quantitative estimate of drug-likeness (QED) is 0.731. The highest BCUT2D eigenvalue weighted by molar-refractivity contribution is 7.89. The van der Waals surface area contributed by atoms with Gasteiger partial charge >= 0.3 is 0 Å². The van der Waals surface area contributed by atoms with Crippen molar-refractivity contribution in [1.29, 1.82) is 0 Å². The highest BCUT2D eigenvalue weighted by Crippen LogP contribution is 2.09. The zero-order valence-electron chi connectivity index (χ0n) is 10.0. The van der Waals surface area contributed by atoms with Gasteiger partial charge in [0, 0.05) is 18.7 Å². The Morgan fingerprint density at radius 3 is 2.67 bits per heavy atom.